The van der Waals surface area contributed by atoms with Gasteiger partial charge < -0.3 is 4.42 Å². The normalized spacial score (nSPS) is 11.6. The first-order valence-corrected chi connectivity index (χ1v) is 5.35. The lowest BCUT2D eigenvalue weighted by atomic mass is 10.3. The largest absolute Gasteiger partial charge is 0.403 e. The number of para-hydroxylation sites is 1. The van der Waals surface area contributed by atoms with Gasteiger partial charge in [0.25, 0.3) is 0 Å². The van der Waals surface area contributed by atoms with Crippen LogP contribution in [0.5, 0.6) is 0 Å². The number of rotatable bonds is 0. The van der Waals surface area contributed by atoms with Gasteiger partial charge in [-0.05, 0) is 12.1 Å². The summed E-state index contributed by atoms with van der Waals surface area (Å²) in [5.41, 5.74) is 1.96. The molecule has 0 saturated carbocycles. The fourth-order valence-electron chi connectivity index (χ4n) is 1.69. The summed E-state index contributed by atoms with van der Waals surface area (Å²) < 4.78 is 9.13. The zero-order valence-electron chi connectivity index (χ0n) is 8.07. The van der Waals surface area contributed by atoms with Crippen molar-refractivity contribution >= 4 is 32.7 Å². The second-order valence-electron chi connectivity index (χ2n) is 3.41. The lowest BCUT2D eigenvalue weighted by molar-refractivity contribution is -0.652. The predicted molar refractivity (Wildman–Crippen MR) is 57.5 cm³/mol. The van der Waals surface area contributed by atoms with Crippen LogP contribution in [0.1, 0.15) is 5.01 Å². The molecule has 2 heterocycles. The third kappa shape index (κ3) is 0.876. The molecule has 0 aliphatic heterocycles. The minimum Gasteiger partial charge on any atom is -0.403 e. The monoisotopic (exact) mass is 204 g/mol. The summed E-state index contributed by atoms with van der Waals surface area (Å²) in [6, 6.07) is 8.17. The minimum absolute atomic E-state index is 0.976. The predicted octanol–water partition coefficient (Wildman–Crippen LogP) is 2.78. The summed E-state index contributed by atoms with van der Waals surface area (Å²) >= 11 is 1.78. The van der Waals surface area contributed by atoms with Crippen LogP contribution in [-0.2, 0) is 7.05 Å². The highest BCUT2D eigenvalue weighted by Crippen LogP contribution is 2.31. The second kappa shape index (κ2) is 2.58. The van der Waals surface area contributed by atoms with E-state index < -0.39 is 0 Å². The van der Waals surface area contributed by atoms with E-state index in [-0.39, 0.29) is 0 Å². The van der Waals surface area contributed by atoms with Crippen molar-refractivity contribution in [2.24, 2.45) is 7.05 Å². The molecule has 0 spiro atoms. The van der Waals surface area contributed by atoms with E-state index in [9.17, 15) is 0 Å². The maximum atomic E-state index is 5.78. The fraction of sp³-hybridized carbons (Fsp3) is 0.182. The van der Waals surface area contributed by atoms with Gasteiger partial charge >= 0.3 is 5.71 Å². The molecule has 3 aromatic rings. The van der Waals surface area contributed by atoms with E-state index in [2.05, 4.69) is 17.6 Å². The van der Waals surface area contributed by atoms with Crippen LogP contribution in [0.25, 0.3) is 21.4 Å². The topological polar surface area (TPSA) is 17.0 Å². The molecule has 0 fully saturated rings. The summed E-state index contributed by atoms with van der Waals surface area (Å²) in [5, 5.41) is 2.49. The van der Waals surface area contributed by atoms with Crippen molar-refractivity contribution in [3.8, 4) is 0 Å². The Balaban J connectivity index is 2.60. The van der Waals surface area contributed by atoms with Gasteiger partial charge in [-0.15, -0.1) is 0 Å². The van der Waals surface area contributed by atoms with Gasteiger partial charge in [-0.3, -0.25) is 0 Å². The fourth-order valence-corrected chi connectivity index (χ4v) is 2.75. The molecule has 0 radical (unpaired) electrons. The smallest absolute Gasteiger partial charge is 0.392 e. The Morgan fingerprint density at radius 3 is 2.93 bits per heavy atom. The van der Waals surface area contributed by atoms with Crippen LogP contribution in [0, 0.1) is 6.92 Å². The van der Waals surface area contributed by atoms with E-state index in [0.717, 1.165) is 11.3 Å². The number of benzene rings is 1. The lowest BCUT2D eigenvalue weighted by Crippen LogP contribution is -2.28. The molecule has 3 heteroatoms. The highest BCUT2D eigenvalue weighted by molar-refractivity contribution is 7.19. The zero-order valence-corrected chi connectivity index (χ0v) is 8.89. The molecule has 14 heavy (non-hydrogen) atoms. The van der Waals surface area contributed by atoms with Crippen LogP contribution in [0.2, 0.25) is 0 Å². The quantitative estimate of drug-likeness (QED) is 0.515. The van der Waals surface area contributed by atoms with E-state index in [1.54, 1.807) is 11.3 Å². The van der Waals surface area contributed by atoms with E-state index in [4.69, 9.17) is 4.42 Å². The van der Waals surface area contributed by atoms with Crippen LogP contribution >= 0.6 is 11.3 Å². The number of fused-ring (bicyclic) bond motifs is 3. The molecule has 0 N–H and O–H groups in total. The highest BCUT2D eigenvalue weighted by Gasteiger charge is 2.20. The van der Waals surface area contributed by atoms with Gasteiger partial charge in [0, 0.05) is 12.3 Å². The molecule has 0 aliphatic carbocycles. The van der Waals surface area contributed by atoms with Crippen LogP contribution in [0.15, 0.2) is 28.7 Å². The summed E-state index contributed by atoms with van der Waals surface area (Å²) in [4.78, 5) is 0. The number of furan rings is 1. The van der Waals surface area contributed by atoms with Crippen molar-refractivity contribution in [3.63, 3.8) is 0 Å². The average Bonchev–Trinajstić information content (AvgIpc) is 2.67. The molecular formula is C11H10NOS+. The maximum absolute atomic E-state index is 5.78. The van der Waals surface area contributed by atoms with Crippen molar-refractivity contribution in [1.82, 2.24) is 0 Å². The molecule has 0 saturated heterocycles. The van der Waals surface area contributed by atoms with Crippen LogP contribution in [0.3, 0.4) is 0 Å². The Labute approximate surface area is 85.4 Å². The number of nitrogens with zero attached hydrogens (tertiary/aromatic N) is 1. The zero-order chi connectivity index (χ0) is 9.71. The Hall–Kier alpha value is -1.35. The van der Waals surface area contributed by atoms with Crippen LogP contribution in [-0.4, -0.2) is 0 Å². The molecule has 2 nitrogen and oxygen atoms in total. The van der Waals surface area contributed by atoms with Gasteiger partial charge in [0.1, 0.15) is 12.6 Å². The molecule has 0 aliphatic rings. The van der Waals surface area contributed by atoms with Gasteiger partial charge in [-0.2, -0.15) is 4.57 Å². The molecule has 0 atom stereocenters. The summed E-state index contributed by atoms with van der Waals surface area (Å²) in [6.45, 7) is 2.11. The van der Waals surface area contributed by atoms with Gasteiger partial charge in [0.15, 0.2) is 4.70 Å². The van der Waals surface area contributed by atoms with Crippen molar-refractivity contribution in [2.75, 3.05) is 0 Å². The third-order valence-corrected chi connectivity index (χ3v) is 3.73. The van der Waals surface area contributed by atoms with Gasteiger partial charge in [-0.25, -0.2) is 0 Å². The van der Waals surface area contributed by atoms with Crippen LogP contribution < -0.4 is 4.57 Å². The van der Waals surface area contributed by atoms with E-state index >= 15 is 0 Å². The molecule has 0 unspecified atom stereocenters. The van der Waals surface area contributed by atoms with Gasteiger partial charge in [-0.1, -0.05) is 23.5 Å². The number of aromatic nitrogens is 1. The number of thiazole rings is 1. The molecule has 0 bridgehead atoms. The van der Waals surface area contributed by atoms with Gasteiger partial charge in [0.2, 0.25) is 5.01 Å². The second-order valence-corrected chi connectivity index (χ2v) is 4.62. The summed E-state index contributed by atoms with van der Waals surface area (Å²) in [6.07, 6.45) is 0. The molecule has 0 amide bonds. The number of hydrogen-bond donors (Lipinski definition) is 0. The van der Waals surface area contributed by atoms with Crippen molar-refractivity contribution in [2.45, 2.75) is 6.92 Å². The first-order valence-electron chi connectivity index (χ1n) is 4.54. The molecular weight excluding hydrogens is 194 g/mol. The minimum atomic E-state index is 0.976. The summed E-state index contributed by atoms with van der Waals surface area (Å²) in [5.74, 6) is 0. The first kappa shape index (κ1) is 8.00. The van der Waals surface area contributed by atoms with Crippen LogP contribution in [0.4, 0.5) is 0 Å². The lowest BCUT2D eigenvalue weighted by Gasteiger charge is -1.84. The Morgan fingerprint density at radius 1 is 1.29 bits per heavy atom. The maximum Gasteiger partial charge on any atom is 0.392 e. The average molecular weight is 204 g/mol. The number of hydrogen-bond acceptors (Lipinski definition) is 2. The standard InChI is InChI=1S/C11H10NOS/c1-7-12(2)11-10(14-7)8-5-3-4-6-9(8)13-11/h3-6H,1-2H3/q+1. The Bertz CT molecular complexity index is 621. The highest BCUT2D eigenvalue weighted by atomic mass is 32.1. The Morgan fingerprint density at radius 2 is 2.07 bits per heavy atom. The third-order valence-electron chi connectivity index (χ3n) is 2.56. The van der Waals surface area contributed by atoms with E-state index in [1.807, 2.05) is 25.2 Å². The molecule has 3 rings (SSSR count). The molecule has 1 aromatic carbocycles. The number of aryl methyl sites for hydroxylation is 2. The molecule has 70 valence electrons. The summed E-state index contributed by atoms with van der Waals surface area (Å²) in [7, 11) is 2.04. The first-order chi connectivity index (χ1) is 6.77. The van der Waals surface area contributed by atoms with Crippen molar-refractivity contribution < 1.29 is 8.98 Å². The molecule has 2 aromatic heterocycles. The SMILES string of the molecule is Cc1sc2c3ccccc3oc2[n+]1C. The van der Waals surface area contributed by atoms with Crippen molar-refractivity contribution in [3.05, 3.63) is 29.3 Å². The van der Waals surface area contributed by atoms with E-state index in [1.165, 1.54) is 15.1 Å². The van der Waals surface area contributed by atoms with E-state index in [0.29, 0.717) is 0 Å². The van der Waals surface area contributed by atoms with Crippen molar-refractivity contribution in [1.29, 1.82) is 0 Å². The Kier molecular flexibility index (Phi) is 1.47. The van der Waals surface area contributed by atoms with Gasteiger partial charge in [0.05, 0.1) is 0 Å².